The normalized spacial score (nSPS) is 19.5. The number of para-hydroxylation sites is 1. The first-order valence-electron chi connectivity index (χ1n) is 12.2. The van der Waals surface area contributed by atoms with E-state index in [0.29, 0.717) is 0 Å². The summed E-state index contributed by atoms with van der Waals surface area (Å²) in [6.45, 7) is 0. The average molecular weight is 450 g/mol. The summed E-state index contributed by atoms with van der Waals surface area (Å²) in [7, 11) is 1.77. The molecule has 1 unspecified atom stereocenters. The Morgan fingerprint density at radius 2 is 1.49 bits per heavy atom. The van der Waals surface area contributed by atoms with Crippen LogP contribution in [0.5, 0.6) is 0 Å². The van der Waals surface area contributed by atoms with Gasteiger partial charge in [0, 0.05) is 21.8 Å². The minimum absolute atomic E-state index is 0.361. The third-order valence-electron chi connectivity index (χ3n) is 8.19. The van der Waals surface area contributed by atoms with Crippen molar-refractivity contribution in [3.63, 3.8) is 0 Å². The smallest absolute Gasteiger partial charge is 0.118 e. The zero-order valence-corrected chi connectivity index (χ0v) is 19.4. The van der Waals surface area contributed by atoms with Crippen LogP contribution in [0.25, 0.3) is 38.5 Å². The van der Waals surface area contributed by atoms with Crippen LogP contribution in [0.2, 0.25) is 0 Å². The first-order valence-corrected chi connectivity index (χ1v) is 12.2. The van der Waals surface area contributed by atoms with E-state index in [-0.39, 0.29) is 5.41 Å². The third-order valence-corrected chi connectivity index (χ3v) is 8.19. The highest BCUT2D eigenvalue weighted by molar-refractivity contribution is 6.17. The number of aromatic amines is 1. The largest absolute Gasteiger partial charge is 0.497 e. The molecule has 1 heterocycles. The zero-order valence-electron chi connectivity index (χ0n) is 19.4. The number of aromatic nitrogens is 1. The molecule has 3 aliphatic carbocycles. The minimum Gasteiger partial charge on any atom is -0.497 e. The summed E-state index contributed by atoms with van der Waals surface area (Å²) >= 11 is 0. The van der Waals surface area contributed by atoms with Gasteiger partial charge in [0.1, 0.15) is 5.76 Å². The van der Waals surface area contributed by atoms with Gasteiger partial charge in [-0.25, -0.2) is 0 Å². The Balaban J connectivity index is 1.60. The Labute approximate surface area is 203 Å². The van der Waals surface area contributed by atoms with Gasteiger partial charge in [-0.1, -0.05) is 78.9 Å². The van der Waals surface area contributed by atoms with Crippen LogP contribution in [0.1, 0.15) is 28.7 Å². The molecule has 0 aliphatic heterocycles. The Hall–Kier alpha value is -4.30. The number of benzene rings is 4. The fourth-order valence-corrected chi connectivity index (χ4v) is 6.90. The third kappa shape index (κ3) is 2.20. The van der Waals surface area contributed by atoms with E-state index in [9.17, 15) is 0 Å². The second-order valence-corrected chi connectivity index (χ2v) is 9.67. The lowest BCUT2D eigenvalue weighted by Gasteiger charge is -2.31. The lowest BCUT2D eigenvalue weighted by molar-refractivity contribution is 0.306. The molecule has 0 saturated carbocycles. The van der Waals surface area contributed by atoms with Gasteiger partial charge >= 0.3 is 0 Å². The molecular weight excluding hydrogens is 426 g/mol. The van der Waals surface area contributed by atoms with E-state index in [1.807, 2.05) is 0 Å². The van der Waals surface area contributed by atoms with E-state index >= 15 is 0 Å². The van der Waals surface area contributed by atoms with Gasteiger partial charge in [0.15, 0.2) is 0 Å². The molecule has 0 fully saturated rings. The molecule has 0 bridgehead atoms. The minimum atomic E-state index is -0.361. The Morgan fingerprint density at radius 3 is 2.34 bits per heavy atom. The first kappa shape index (κ1) is 19.1. The highest BCUT2D eigenvalue weighted by Gasteiger charge is 2.52. The summed E-state index contributed by atoms with van der Waals surface area (Å²) in [4.78, 5) is 3.67. The average Bonchev–Trinajstić information content (AvgIpc) is 3.44. The van der Waals surface area contributed by atoms with Crippen molar-refractivity contribution in [2.75, 3.05) is 7.11 Å². The predicted molar refractivity (Wildman–Crippen MR) is 143 cm³/mol. The van der Waals surface area contributed by atoms with E-state index in [1.165, 1.54) is 66.3 Å². The molecule has 5 aromatic rings. The number of rotatable bonds is 1. The van der Waals surface area contributed by atoms with E-state index < -0.39 is 0 Å². The first-order chi connectivity index (χ1) is 17.3. The monoisotopic (exact) mass is 449 g/mol. The van der Waals surface area contributed by atoms with Crippen LogP contribution in [0, 0.1) is 0 Å². The van der Waals surface area contributed by atoms with E-state index in [0.717, 1.165) is 12.2 Å². The summed E-state index contributed by atoms with van der Waals surface area (Å²) in [5, 5.41) is 2.60. The molecule has 8 rings (SSSR count). The van der Waals surface area contributed by atoms with Crippen molar-refractivity contribution >= 4 is 27.4 Å². The predicted octanol–water partition coefficient (Wildman–Crippen LogP) is 7.89. The SMILES string of the molecule is COC1=CC2=C(CC=C1)c1ccccc1C21c2ccccc2-c2c1ccc1[nH]c3ccccc3c21. The fourth-order valence-electron chi connectivity index (χ4n) is 6.90. The molecule has 3 aliphatic rings. The Kier molecular flexibility index (Phi) is 3.61. The molecule has 0 saturated heterocycles. The highest BCUT2D eigenvalue weighted by Crippen LogP contribution is 2.64. The number of hydrogen-bond donors (Lipinski definition) is 1. The number of hydrogen-bond acceptors (Lipinski definition) is 1. The maximum atomic E-state index is 5.81. The summed E-state index contributed by atoms with van der Waals surface area (Å²) in [5.74, 6) is 0.904. The lowest BCUT2D eigenvalue weighted by Crippen LogP contribution is -2.27. The second-order valence-electron chi connectivity index (χ2n) is 9.67. The van der Waals surface area contributed by atoms with Crippen molar-refractivity contribution in [1.82, 2.24) is 4.98 Å². The van der Waals surface area contributed by atoms with Crippen molar-refractivity contribution in [3.05, 3.63) is 137 Å². The van der Waals surface area contributed by atoms with Crippen molar-refractivity contribution in [3.8, 4) is 11.1 Å². The molecule has 4 aromatic carbocycles. The van der Waals surface area contributed by atoms with Gasteiger partial charge in [-0.2, -0.15) is 0 Å². The van der Waals surface area contributed by atoms with Crippen LogP contribution in [0.15, 0.2) is 114 Å². The quantitative estimate of drug-likeness (QED) is 0.276. The van der Waals surface area contributed by atoms with Gasteiger partial charge in [-0.3, -0.25) is 0 Å². The van der Waals surface area contributed by atoms with Crippen LogP contribution >= 0.6 is 0 Å². The number of fused-ring (bicyclic) bond motifs is 13. The maximum absolute atomic E-state index is 5.81. The van der Waals surface area contributed by atoms with Gasteiger partial charge in [0.25, 0.3) is 0 Å². The van der Waals surface area contributed by atoms with Crippen LogP contribution in [-0.2, 0) is 10.2 Å². The molecule has 1 spiro atoms. The number of nitrogens with one attached hydrogen (secondary N) is 1. The van der Waals surface area contributed by atoms with Gasteiger partial charge < -0.3 is 9.72 Å². The maximum Gasteiger partial charge on any atom is 0.118 e. The summed E-state index contributed by atoms with van der Waals surface area (Å²) < 4.78 is 5.81. The van der Waals surface area contributed by atoms with E-state index in [2.05, 4.69) is 108 Å². The molecule has 1 N–H and O–H groups in total. The number of methoxy groups -OCH3 is 1. The molecule has 1 atom stereocenters. The number of ether oxygens (including phenoxy) is 1. The zero-order chi connectivity index (χ0) is 23.1. The van der Waals surface area contributed by atoms with Gasteiger partial charge in [0.05, 0.1) is 12.5 Å². The van der Waals surface area contributed by atoms with Crippen LogP contribution in [0.4, 0.5) is 0 Å². The van der Waals surface area contributed by atoms with Crippen molar-refractivity contribution < 1.29 is 4.74 Å². The van der Waals surface area contributed by atoms with Crippen molar-refractivity contribution in [2.24, 2.45) is 0 Å². The molecule has 0 amide bonds. The number of H-pyrrole nitrogens is 1. The Morgan fingerprint density at radius 1 is 0.743 bits per heavy atom. The summed E-state index contributed by atoms with van der Waals surface area (Å²) in [6.07, 6.45) is 7.52. The molecule has 0 radical (unpaired) electrons. The lowest BCUT2D eigenvalue weighted by atomic mass is 9.69. The number of allylic oxidation sites excluding steroid dienone is 5. The molecule has 166 valence electrons. The summed E-state index contributed by atoms with van der Waals surface area (Å²) in [6, 6.07) is 31.3. The van der Waals surface area contributed by atoms with Crippen molar-refractivity contribution in [1.29, 1.82) is 0 Å². The molecule has 35 heavy (non-hydrogen) atoms. The van der Waals surface area contributed by atoms with Gasteiger partial charge in [0.2, 0.25) is 0 Å². The van der Waals surface area contributed by atoms with Gasteiger partial charge in [-0.15, -0.1) is 0 Å². The molecule has 2 heteroatoms. The topological polar surface area (TPSA) is 25.0 Å². The van der Waals surface area contributed by atoms with E-state index in [4.69, 9.17) is 4.74 Å². The Bertz CT molecular complexity index is 1810. The van der Waals surface area contributed by atoms with Crippen LogP contribution in [-0.4, -0.2) is 12.1 Å². The molecular formula is C33H23NO. The molecule has 1 aromatic heterocycles. The summed E-state index contributed by atoms with van der Waals surface area (Å²) in [5.41, 5.74) is 12.9. The van der Waals surface area contributed by atoms with E-state index in [1.54, 1.807) is 7.11 Å². The van der Waals surface area contributed by atoms with Crippen molar-refractivity contribution in [2.45, 2.75) is 11.8 Å². The van der Waals surface area contributed by atoms with Gasteiger partial charge in [-0.05, 0) is 75.2 Å². The second kappa shape index (κ2) is 6.64. The highest BCUT2D eigenvalue weighted by atomic mass is 16.5. The molecule has 2 nitrogen and oxygen atoms in total. The fraction of sp³-hybridized carbons (Fsp3) is 0.0909. The van der Waals surface area contributed by atoms with Crippen LogP contribution < -0.4 is 0 Å². The standard InChI is InChI=1S/C33H23NO/c1-35-20-9-8-13-22-21-10-2-5-14-25(21)33(28(22)19-20)26-15-6-3-11-23(26)31-27(33)17-18-30-32(31)24-12-4-7-16-29(24)34-30/h2-12,14-19,34H,13H2,1H3. The van der Waals surface area contributed by atoms with Crippen LogP contribution in [0.3, 0.4) is 0 Å².